The van der Waals surface area contributed by atoms with Gasteiger partial charge in [0.2, 0.25) is 5.91 Å². The van der Waals surface area contributed by atoms with Crippen molar-refractivity contribution in [3.05, 3.63) is 52.3 Å². The molecule has 0 spiro atoms. The van der Waals surface area contributed by atoms with E-state index in [4.69, 9.17) is 23.2 Å². The number of hydrogen-bond acceptors (Lipinski definition) is 3. The first-order valence-electron chi connectivity index (χ1n) is 5.43. The zero-order valence-electron chi connectivity index (χ0n) is 9.73. The van der Waals surface area contributed by atoms with Crippen LogP contribution in [0.15, 0.2) is 36.7 Å². The van der Waals surface area contributed by atoms with Gasteiger partial charge in [-0.15, -0.1) is 0 Å². The van der Waals surface area contributed by atoms with Gasteiger partial charge in [-0.3, -0.25) is 9.78 Å². The molecule has 0 aliphatic heterocycles. The van der Waals surface area contributed by atoms with Gasteiger partial charge in [-0.25, -0.2) is 0 Å². The van der Waals surface area contributed by atoms with Gasteiger partial charge in [0.1, 0.15) is 0 Å². The van der Waals surface area contributed by atoms with E-state index in [9.17, 15) is 9.90 Å². The Kier molecular flexibility index (Phi) is 4.24. The number of aromatic nitrogens is 1. The van der Waals surface area contributed by atoms with Crippen LogP contribution in [-0.2, 0) is 11.2 Å². The van der Waals surface area contributed by atoms with Gasteiger partial charge in [-0.1, -0.05) is 23.2 Å². The van der Waals surface area contributed by atoms with E-state index in [2.05, 4.69) is 10.3 Å². The number of aromatic hydroxyl groups is 1. The highest BCUT2D eigenvalue weighted by Crippen LogP contribution is 2.34. The second kappa shape index (κ2) is 5.91. The van der Waals surface area contributed by atoms with E-state index in [0.29, 0.717) is 5.69 Å². The highest BCUT2D eigenvalue weighted by atomic mass is 35.5. The molecule has 1 aromatic carbocycles. The maximum atomic E-state index is 11.8. The summed E-state index contributed by atoms with van der Waals surface area (Å²) in [6.45, 7) is 0. The van der Waals surface area contributed by atoms with Gasteiger partial charge in [0.15, 0.2) is 5.75 Å². The Morgan fingerprint density at radius 3 is 2.37 bits per heavy atom. The first-order chi connectivity index (χ1) is 9.06. The van der Waals surface area contributed by atoms with Crippen molar-refractivity contribution in [2.45, 2.75) is 6.42 Å². The number of hydrogen-bond donors (Lipinski definition) is 2. The van der Waals surface area contributed by atoms with Crippen molar-refractivity contribution in [3.63, 3.8) is 0 Å². The van der Waals surface area contributed by atoms with Crippen LogP contribution in [0.1, 0.15) is 5.56 Å². The number of phenols is 1. The molecule has 2 rings (SSSR count). The summed E-state index contributed by atoms with van der Waals surface area (Å²) in [5, 5.41) is 12.3. The van der Waals surface area contributed by atoms with Crippen LogP contribution in [0.25, 0.3) is 0 Å². The van der Waals surface area contributed by atoms with Crippen LogP contribution in [0.2, 0.25) is 10.0 Å². The van der Waals surface area contributed by atoms with Gasteiger partial charge in [-0.05, 0) is 29.8 Å². The molecule has 0 aliphatic carbocycles. The minimum Gasteiger partial charge on any atom is -0.505 e. The van der Waals surface area contributed by atoms with Crippen molar-refractivity contribution in [3.8, 4) is 5.75 Å². The molecule has 0 fully saturated rings. The molecule has 19 heavy (non-hydrogen) atoms. The van der Waals surface area contributed by atoms with Crippen LogP contribution in [0.3, 0.4) is 0 Å². The summed E-state index contributed by atoms with van der Waals surface area (Å²) in [6, 6.07) is 6.40. The normalized spacial score (nSPS) is 10.2. The van der Waals surface area contributed by atoms with Gasteiger partial charge in [-0.2, -0.15) is 0 Å². The van der Waals surface area contributed by atoms with Gasteiger partial charge < -0.3 is 10.4 Å². The molecule has 4 nitrogen and oxygen atoms in total. The molecule has 6 heteroatoms. The molecule has 2 N–H and O–H groups in total. The number of carbonyl (C=O) groups is 1. The monoisotopic (exact) mass is 296 g/mol. The van der Waals surface area contributed by atoms with Crippen molar-refractivity contribution in [2.24, 2.45) is 0 Å². The Balaban J connectivity index is 2.07. The van der Waals surface area contributed by atoms with Gasteiger partial charge in [0.05, 0.1) is 16.5 Å². The molecule has 0 saturated carbocycles. The van der Waals surface area contributed by atoms with Crippen molar-refractivity contribution in [2.75, 3.05) is 5.32 Å². The predicted octanol–water partition coefficient (Wildman–Crippen LogP) is 3.28. The zero-order chi connectivity index (χ0) is 13.8. The summed E-state index contributed by atoms with van der Waals surface area (Å²) in [4.78, 5) is 15.7. The summed E-state index contributed by atoms with van der Waals surface area (Å²) in [7, 11) is 0. The minimum absolute atomic E-state index is 0.0895. The molecular weight excluding hydrogens is 287 g/mol. The fourth-order valence-electron chi connectivity index (χ4n) is 1.53. The molecule has 0 radical (unpaired) electrons. The van der Waals surface area contributed by atoms with E-state index < -0.39 is 0 Å². The lowest BCUT2D eigenvalue weighted by atomic mass is 10.2. The maximum Gasteiger partial charge on any atom is 0.228 e. The SMILES string of the molecule is O=C(Cc1ccncc1)Nc1cc(Cl)c(O)c(Cl)c1. The van der Waals surface area contributed by atoms with Gasteiger partial charge in [0.25, 0.3) is 0 Å². The quantitative estimate of drug-likeness (QED) is 0.855. The lowest BCUT2D eigenvalue weighted by Gasteiger charge is -2.07. The molecule has 0 aliphatic rings. The number of nitrogens with zero attached hydrogens (tertiary/aromatic N) is 1. The summed E-state index contributed by atoms with van der Waals surface area (Å²) >= 11 is 11.5. The summed E-state index contributed by atoms with van der Waals surface area (Å²) < 4.78 is 0. The first kappa shape index (κ1) is 13.6. The maximum absolute atomic E-state index is 11.8. The first-order valence-corrected chi connectivity index (χ1v) is 6.18. The third-order valence-electron chi connectivity index (χ3n) is 2.41. The molecule has 0 bridgehead atoms. The number of rotatable bonds is 3. The van der Waals surface area contributed by atoms with Crippen LogP contribution in [0.5, 0.6) is 5.75 Å². The standard InChI is InChI=1S/C13H10Cl2N2O2/c14-10-6-9(7-11(15)13(10)19)17-12(18)5-8-1-3-16-4-2-8/h1-4,6-7,19H,5H2,(H,17,18). The van der Waals surface area contributed by atoms with Crippen molar-refractivity contribution >= 4 is 34.8 Å². The number of amides is 1. The van der Waals surface area contributed by atoms with Crippen molar-refractivity contribution in [1.82, 2.24) is 4.98 Å². The number of halogens is 2. The smallest absolute Gasteiger partial charge is 0.228 e. The second-order valence-corrected chi connectivity index (χ2v) is 4.68. The number of pyridine rings is 1. The Bertz CT molecular complexity index is 580. The van der Waals surface area contributed by atoms with Crippen LogP contribution >= 0.6 is 23.2 Å². The van der Waals surface area contributed by atoms with Gasteiger partial charge in [0, 0.05) is 18.1 Å². The highest BCUT2D eigenvalue weighted by molar-refractivity contribution is 6.37. The number of nitrogens with one attached hydrogen (secondary N) is 1. The molecule has 0 unspecified atom stereocenters. The number of benzene rings is 1. The second-order valence-electron chi connectivity index (χ2n) is 3.87. The number of anilines is 1. The van der Waals surface area contributed by atoms with Crippen molar-refractivity contribution < 1.29 is 9.90 Å². The van der Waals surface area contributed by atoms with Crippen LogP contribution in [0, 0.1) is 0 Å². The largest absolute Gasteiger partial charge is 0.505 e. The minimum atomic E-state index is -0.205. The molecule has 0 saturated heterocycles. The predicted molar refractivity (Wildman–Crippen MR) is 74.7 cm³/mol. The van der Waals surface area contributed by atoms with E-state index in [1.807, 2.05) is 0 Å². The molecule has 1 aromatic heterocycles. The fourth-order valence-corrected chi connectivity index (χ4v) is 2.02. The number of carbonyl (C=O) groups excluding carboxylic acids is 1. The van der Waals surface area contributed by atoms with E-state index in [1.165, 1.54) is 12.1 Å². The Hall–Kier alpha value is -1.78. The van der Waals surface area contributed by atoms with Crippen molar-refractivity contribution in [1.29, 1.82) is 0 Å². The number of phenolic OH excluding ortho intramolecular Hbond substituents is 1. The van der Waals surface area contributed by atoms with E-state index in [-0.39, 0.29) is 28.1 Å². The molecule has 2 aromatic rings. The molecular formula is C13H10Cl2N2O2. The lowest BCUT2D eigenvalue weighted by Crippen LogP contribution is -2.14. The van der Waals surface area contributed by atoms with Crippen LogP contribution in [-0.4, -0.2) is 16.0 Å². The highest BCUT2D eigenvalue weighted by Gasteiger charge is 2.09. The van der Waals surface area contributed by atoms with Crippen LogP contribution < -0.4 is 5.32 Å². The average Bonchev–Trinajstić information content (AvgIpc) is 2.37. The summed E-state index contributed by atoms with van der Waals surface area (Å²) in [5.74, 6) is -0.403. The van der Waals surface area contributed by atoms with Gasteiger partial charge >= 0.3 is 0 Å². The molecule has 1 heterocycles. The Morgan fingerprint density at radius 2 is 1.79 bits per heavy atom. The van der Waals surface area contributed by atoms with Crippen LogP contribution in [0.4, 0.5) is 5.69 Å². The third-order valence-corrected chi connectivity index (χ3v) is 2.99. The lowest BCUT2D eigenvalue weighted by molar-refractivity contribution is -0.115. The Labute approximate surface area is 120 Å². The van der Waals surface area contributed by atoms with E-state index in [1.54, 1.807) is 24.5 Å². The third kappa shape index (κ3) is 3.59. The molecule has 0 atom stereocenters. The molecule has 98 valence electrons. The zero-order valence-corrected chi connectivity index (χ0v) is 11.2. The fraction of sp³-hybridized carbons (Fsp3) is 0.0769. The average molecular weight is 297 g/mol. The topological polar surface area (TPSA) is 62.2 Å². The molecule has 1 amide bonds. The summed E-state index contributed by atoms with van der Waals surface area (Å²) in [5.41, 5.74) is 1.29. The van der Waals surface area contributed by atoms with E-state index >= 15 is 0 Å². The summed E-state index contributed by atoms with van der Waals surface area (Å²) in [6.07, 6.45) is 3.46. The van der Waals surface area contributed by atoms with E-state index in [0.717, 1.165) is 5.56 Å². The Morgan fingerprint density at radius 1 is 1.21 bits per heavy atom.